The average Bonchev–Trinajstić information content (AvgIpc) is 2.58. The van der Waals surface area contributed by atoms with Gasteiger partial charge < -0.3 is 10.2 Å². The molecule has 1 aromatic heterocycles. The number of carbonyl (C=O) groups excluding carboxylic acids is 1. The quantitative estimate of drug-likeness (QED) is 0.776. The van der Waals surface area contributed by atoms with Crippen LogP contribution in [0, 0.1) is 5.82 Å². The zero-order chi connectivity index (χ0) is 18.4. The van der Waals surface area contributed by atoms with Crippen molar-refractivity contribution < 1.29 is 9.18 Å². The first-order chi connectivity index (χ1) is 11.9. The summed E-state index contributed by atoms with van der Waals surface area (Å²) in [5, 5.41) is 2.62. The highest BCUT2D eigenvalue weighted by atomic mass is 19.1. The second-order valence-corrected chi connectivity index (χ2v) is 5.47. The van der Waals surface area contributed by atoms with E-state index >= 15 is 0 Å². The Hall–Kier alpha value is -2.90. The number of halogens is 1. The Balaban J connectivity index is 1.98. The summed E-state index contributed by atoms with van der Waals surface area (Å²) in [4.78, 5) is 38.4. The summed E-state index contributed by atoms with van der Waals surface area (Å²) in [5.41, 5.74) is -0.0295. The normalized spacial score (nSPS) is 10.5. The van der Waals surface area contributed by atoms with E-state index in [9.17, 15) is 18.8 Å². The van der Waals surface area contributed by atoms with Crippen molar-refractivity contribution in [3.05, 3.63) is 62.7 Å². The highest BCUT2D eigenvalue weighted by Crippen LogP contribution is 2.20. The molecule has 0 aliphatic carbocycles. The average molecular weight is 348 g/mol. The van der Waals surface area contributed by atoms with E-state index in [0.717, 1.165) is 10.6 Å². The summed E-state index contributed by atoms with van der Waals surface area (Å²) >= 11 is 0. The Morgan fingerprint density at radius 3 is 2.56 bits per heavy atom. The van der Waals surface area contributed by atoms with E-state index < -0.39 is 17.2 Å². The van der Waals surface area contributed by atoms with Crippen LogP contribution in [0.25, 0.3) is 0 Å². The van der Waals surface area contributed by atoms with Gasteiger partial charge >= 0.3 is 5.69 Å². The van der Waals surface area contributed by atoms with Crippen LogP contribution in [0.5, 0.6) is 0 Å². The fourth-order valence-corrected chi connectivity index (χ4v) is 2.46. The first kappa shape index (κ1) is 18.4. The van der Waals surface area contributed by atoms with E-state index in [1.165, 1.54) is 12.3 Å². The molecule has 1 aromatic carbocycles. The van der Waals surface area contributed by atoms with Crippen LogP contribution < -0.4 is 21.5 Å². The van der Waals surface area contributed by atoms with Gasteiger partial charge in [0.15, 0.2) is 0 Å². The second kappa shape index (κ2) is 8.27. The zero-order valence-electron chi connectivity index (χ0n) is 14.2. The molecule has 0 bridgehead atoms. The summed E-state index contributed by atoms with van der Waals surface area (Å²) in [6.45, 7) is 5.24. The molecular weight excluding hydrogens is 327 g/mol. The molecule has 2 aromatic rings. The minimum absolute atomic E-state index is 0.145. The van der Waals surface area contributed by atoms with Crippen LogP contribution in [0.4, 0.5) is 10.1 Å². The van der Waals surface area contributed by atoms with Crippen molar-refractivity contribution in [3.63, 3.8) is 0 Å². The third-order valence-corrected chi connectivity index (χ3v) is 3.82. The van der Waals surface area contributed by atoms with Crippen LogP contribution in [0.1, 0.15) is 19.4 Å². The predicted octanol–water partition coefficient (Wildman–Crippen LogP) is 0.838. The molecule has 0 radical (unpaired) electrons. The third kappa shape index (κ3) is 4.79. The molecule has 2 N–H and O–H groups in total. The van der Waals surface area contributed by atoms with E-state index in [1.807, 2.05) is 18.7 Å². The minimum atomic E-state index is -0.655. The Bertz CT molecular complexity index is 855. The third-order valence-electron chi connectivity index (χ3n) is 3.82. The molecule has 0 saturated heterocycles. The lowest BCUT2D eigenvalue weighted by molar-refractivity contribution is -0.121. The van der Waals surface area contributed by atoms with Crippen LogP contribution in [0.3, 0.4) is 0 Å². The molecule has 1 heterocycles. The van der Waals surface area contributed by atoms with Crippen LogP contribution in [-0.4, -0.2) is 28.5 Å². The van der Waals surface area contributed by atoms with Gasteiger partial charge in [0, 0.05) is 31.9 Å². The molecule has 8 heteroatoms. The van der Waals surface area contributed by atoms with Gasteiger partial charge in [-0.3, -0.25) is 19.1 Å². The largest absolute Gasteiger partial charge is 0.370 e. The molecule has 0 aliphatic heterocycles. The maximum atomic E-state index is 14.2. The molecule has 134 valence electrons. The Labute approximate surface area is 144 Å². The standard InChI is InChI=1S/C17H21FN4O3/c1-3-21(4-2)14-6-5-12(9-13(14)18)10-19-16(24)11-22-8-7-15(23)20-17(22)25/h5-9H,3-4,10-11H2,1-2H3,(H,19,24)(H,20,23,25). The van der Waals surface area contributed by atoms with Gasteiger partial charge in [0.1, 0.15) is 12.4 Å². The van der Waals surface area contributed by atoms with Crippen molar-refractivity contribution in [1.29, 1.82) is 0 Å². The van der Waals surface area contributed by atoms with E-state index in [-0.39, 0.29) is 18.9 Å². The summed E-state index contributed by atoms with van der Waals surface area (Å²) < 4.78 is 15.3. The lowest BCUT2D eigenvalue weighted by atomic mass is 10.1. The maximum absolute atomic E-state index is 14.2. The van der Waals surface area contributed by atoms with Gasteiger partial charge in [0.05, 0.1) is 5.69 Å². The van der Waals surface area contributed by atoms with Crippen molar-refractivity contribution in [2.24, 2.45) is 0 Å². The maximum Gasteiger partial charge on any atom is 0.328 e. The van der Waals surface area contributed by atoms with Crippen molar-refractivity contribution in [2.45, 2.75) is 26.9 Å². The van der Waals surface area contributed by atoms with Crippen LogP contribution >= 0.6 is 0 Å². The number of nitrogens with one attached hydrogen (secondary N) is 2. The fourth-order valence-electron chi connectivity index (χ4n) is 2.46. The smallest absolute Gasteiger partial charge is 0.328 e. The SMILES string of the molecule is CCN(CC)c1ccc(CNC(=O)Cn2ccc(=O)[nH]c2=O)cc1F. The highest BCUT2D eigenvalue weighted by Gasteiger charge is 2.10. The first-order valence-electron chi connectivity index (χ1n) is 8.04. The van der Waals surface area contributed by atoms with Gasteiger partial charge in [-0.15, -0.1) is 0 Å². The Morgan fingerprint density at radius 1 is 1.24 bits per heavy atom. The van der Waals surface area contributed by atoms with Gasteiger partial charge in [0.2, 0.25) is 5.91 Å². The van der Waals surface area contributed by atoms with E-state index in [1.54, 1.807) is 12.1 Å². The van der Waals surface area contributed by atoms with Crippen LogP contribution in [0.15, 0.2) is 40.1 Å². The predicted molar refractivity (Wildman–Crippen MR) is 93.1 cm³/mol. The second-order valence-electron chi connectivity index (χ2n) is 5.47. The van der Waals surface area contributed by atoms with Crippen molar-refractivity contribution in [2.75, 3.05) is 18.0 Å². The monoisotopic (exact) mass is 348 g/mol. The van der Waals surface area contributed by atoms with Gasteiger partial charge in [-0.25, -0.2) is 9.18 Å². The number of aromatic amines is 1. The topological polar surface area (TPSA) is 87.2 Å². The summed E-state index contributed by atoms with van der Waals surface area (Å²) in [5.74, 6) is -0.755. The number of benzene rings is 1. The number of hydrogen-bond acceptors (Lipinski definition) is 4. The van der Waals surface area contributed by atoms with Gasteiger partial charge in [-0.1, -0.05) is 6.07 Å². The van der Waals surface area contributed by atoms with Crippen molar-refractivity contribution in [3.8, 4) is 0 Å². The molecule has 2 rings (SSSR count). The summed E-state index contributed by atoms with van der Waals surface area (Å²) in [6, 6.07) is 6.00. The number of anilines is 1. The van der Waals surface area contributed by atoms with Crippen molar-refractivity contribution in [1.82, 2.24) is 14.9 Å². The molecule has 0 atom stereocenters. The number of amides is 1. The summed E-state index contributed by atoms with van der Waals surface area (Å²) in [7, 11) is 0. The molecular formula is C17H21FN4O3. The lowest BCUT2D eigenvalue weighted by Crippen LogP contribution is -2.35. The number of hydrogen-bond donors (Lipinski definition) is 2. The highest BCUT2D eigenvalue weighted by molar-refractivity contribution is 5.75. The van der Waals surface area contributed by atoms with Crippen molar-refractivity contribution >= 4 is 11.6 Å². The minimum Gasteiger partial charge on any atom is -0.370 e. The zero-order valence-corrected chi connectivity index (χ0v) is 14.2. The van der Waals surface area contributed by atoms with Crippen LogP contribution in [0.2, 0.25) is 0 Å². The number of carbonyl (C=O) groups is 1. The van der Waals surface area contributed by atoms with Crippen LogP contribution in [-0.2, 0) is 17.9 Å². The molecule has 0 aliphatic rings. The number of aromatic nitrogens is 2. The van der Waals surface area contributed by atoms with E-state index in [2.05, 4.69) is 10.3 Å². The van der Waals surface area contributed by atoms with Gasteiger partial charge in [0.25, 0.3) is 5.56 Å². The van der Waals surface area contributed by atoms with Gasteiger partial charge in [-0.2, -0.15) is 0 Å². The van der Waals surface area contributed by atoms with Gasteiger partial charge in [-0.05, 0) is 31.5 Å². The molecule has 0 unspecified atom stereocenters. The fraction of sp³-hybridized carbons (Fsp3) is 0.353. The Morgan fingerprint density at radius 2 is 1.96 bits per heavy atom. The molecule has 0 saturated carbocycles. The van der Waals surface area contributed by atoms with E-state index in [4.69, 9.17) is 0 Å². The lowest BCUT2D eigenvalue weighted by Gasteiger charge is -2.22. The molecule has 0 fully saturated rings. The molecule has 1 amide bonds. The first-order valence-corrected chi connectivity index (χ1v) is 8.04. The molecule has 0 spiro atoms. The summed E-state index contributed by atoms with van der Waals surface area (Å²) in [6.07, 6.45) is 1.25. The number of nitrogens with zero attached hydrogens (tertiary/aromatic N) is 2. The number of rotatable bonds is 7. The Kier molecular flexibility index (Phi) is 6.10. The number of H-pyrrole nitrogens is 1. The molecule has 25 heavy (non-hydrogen) atoms. The molecule has 7 nitrogen and oxygen atoms in total. The van der Waals surface area contributed by atoms with E-state index in [0.29, 0.717) is 24.3 Å².